The molecule has 0 amide bonds. The van der Waals surface area contributed by atoms with Crippen molar-refractivity contribution in [2.75, 3.05) is 13.2 Å². The van der Waals surface area contributed by atoms with Gasteiger partial charge in [-0.3, -0.25) is 0 Å². The SMILES string of the molecule is C.CCC(O)C[C@@H]1O[C@H](C[C@@H](COC(=O)c2ccccc2)OC(=O)c2ccccc2)[C@H](CO)[C@H]1CC. The molecular formula is C29H40O7. The quantitative estimate of drug-likeness (QED) is 0.409. The summed E-state index contributed by atoms with van der Waals surface area (Å²) in [5.41, 5.74) is 0.805. The molecule has 7 nitrogen and oxygen atoms in total. The number of aliphatic hydroxyl groups is 2. The van der Waals surface area contributed by atoms with Crippen molar-refractivity contribution >= 4 is 11.9 Å². The lowest BCUT2D eigenvalue weighted by Crippen LogP contribution is -2.33. The van der Waals surface area contributed by atoms with E-state index in [0.29, 0.717) is 24.0 Å². The first-order chi connectivity index (χ1) is 17.0. The molecule has 1 heterocycles. The monoisotopic (exact) mass is 500 g/mol. The molecule has 3 rings (SSSR count). The highest BCUT2D eigenvalue weighted by molar-refractivity contribution is 5.90. The fourth-order valence-electron chi connectivity index (χ4n) is 4.72. The molecule has 0 bridgehead atoms. The third-order valence-corrected chi connectivity index (χ3v) is 6.70. The number of benzene rings is 2. The van der Waals surface area contributed by atoms with E-state index in [9.17, 15) is 19.8 Å². The molecule has 0 saturated carbocycles. The van der Waals surface area contributed by atoms with Gasteiger partial charge in [0, 0.05) is 18.9 Å². The van der Waals surface area contributed by atoms with Crippen LogP contribution in [0.1, 0.15) is 67.7 Å². The molecule has 7 heteroatoms. The number of hydrogen-bond donors (Lipinski definition) is 2. The third kappa shape index (κ3) is 7.88. The van der Waals surface area contributed by atoms with E-state index in [4.69, 9.17) is 14.2 Å². The first kappa shape index (κ1) is 29.5. The summed E-state index contributed by atoms with van der Waals surface area (Å²) < 4.78 is 17.5. The molecule has 1 saturated heterocycles. The molecule has 0 radical (unpaired) electrons. The maximum atomic E-state index is 12.8. The van der Waals surface area contributed by atoms with Crippen molar-refractivity contribution in [2.24, 2.45) is 11.8 Å². The Morgan fingerprint density at radius 3 is 1.97 bits per heavy atom. The van der Waals surface area contributed by atoms with E-state index >= 15 is 0 Å². The molecule has 0 aliphatic carbocycles. The highest BCUT2D eigenvalue weighted by Crippen LogP contribution is 2.39. The minimum absolute atomic E-state index is 0. The smallest absolute Gasteiger partial charge is 0.338 e. The van der Waals surface area contributed by atoms with Crippen molar-refractivity contribution in [3.05, 3.63) is 71.8 Å². The van der Waals surface area contributed by atoms with Gasteiger partial charge < -0.3 is 24.4 Å². The van der Waals surface area contributed by atoms with E-state index < -0.39 is 30.3 Å². The fraction of sp³-hybridized carbons (Fsp3) is 0.517. The zero-order chi connectivity index (χ0) is 25.2. The summed E-state index contributed by atoms with van der Waals surface area (Å²) >= 11 is 0. The molecule has 1 unspecified atom stereocenters. The highest BCUT2D eigenvalue weighted by Gasteiger charge is 2.44. The Bertz CT molecular complexity index is 918. The molecule has 0 aromatic heterocycles. The standard InChI is InChI=1S/C28H36O7.CH4/c1-3-21(30)15-25-23(4-2)24(17-29)26(35-25)16-22(34-28(32)20-13-9-6-10-14-20)18-33-27(31)19-11-7-5-8-12-19;/h5-14,21-26,29-30H,3-4,15-18H2,1-2H3;1H4/t21?,22-,23+,24+,25-,26+;/m0./s1. The molecule has 1 fully saturated rings. The Labute approximate surface area is 214 Å². The summed E-state index contributed by atoms with van der Waals surface area (Å²) in [5, 5.41) is 20.3. The molecule has 2 aromatic carbocycles. The van der Waals surface area contributed by atoms with Gasteiger partial charge in [-0.1, -0.05) is 64.1 Å². The van der Waals surface area contributed by atoms with Crippen LogP contribution in [0.3, 0.4) is 0 Å². The maximum Gasteiger partial charge on any atom is 0.338 e. The summed E-state index contributed by atoms with van der Waals surface area (Å²) in [6.45, 7) is 3.75. The second kappa shape index (κ2) is 14.7. The number of rotatable bonds is 12. The first-order valence-electron chi connectivity index (χ1n) is 12.4. The Morgan fingerprint density at radius 1 is 0.889 bits per heavy atom. The first-order valence-corrected chi connectivity index (χ1v) is 12.4. The van der Waals surface area contributed by atoms with Crippen LogP contribution in [0.5, 0.6) is 0 Å². The van der Waals surface area contributed by atoms with Gasteiger partial charge in [0.2, 0.25) is 0 Å². The molecule has 2 aromatic rings. The van der Waals surface area contributed by atoms with E-state index in [-0.39, 0.29) is 45.0 Å². The maximum absolute atomic E-state index is 12.8. The van der Waals surface area contributed by atoms with E-state index in [1.54, 1.807) is 48.5 Å². The summed E-state index contributed by atoms with van der Waals surface area (Å²) in [4.78, 5) is 25.3. The summed E-state index contributed by atoms with van der Waals surface area (Å²) in [7, 11) is 0. The number of carbonyl (C=O) groups is 2. The number of hydrogen-bond acceptors (Lipinski definition) is 7. The normalized spacial score (nSPS) is 22.8. The van der Waals surface area contributed by atoms with Crippen LogP contribution < -0.4 is 0 Å². The van der Waals surface area contributed by atoms with E-state index in [0.717, 1.165) is 6.42 Å². The van der Waals surface area contributed by atoms with Crippen LogP contribution in [0.15, 0.2) is 60.7 Å². The van der Waals surface area contributed by atoms with Crippen LogP contribution in [-0.2, 0) is 14.2 Å². The van der Waals surface area contributed by atoms with Crippen molar-refractivity contribution in [1.29, 1.82) is 0 Å². The Balaban J connectivity index is 0.00000456. The van der Waals surface area contributed by atoms with Crippen molar-refractivity contribution < 1.29 is 34.0 Å². The van der Waals surface area contributed by atoms with E-state index in [2.05, 4.69) is 0 Å². The van der Waals surface area contributed by atoms with E-state index in [1.165, 1.54) is 0 Å². The average Bonchev–Trinajstić information content (AvgIpc) is 3.23. The number of aliphatic hydroxyl groups excluding tert-OH is 2. The summed E-state index contributed by atoms with van der Waals surface area (Å²) in [6.07, 6.45) is 0.322. The molecule has 1 aliphatic rings. The molecule has 2 N–H and O–H groups in total. The van der Waals surface area contributed by atoms with Gasteiger partial charge in [0.05, 0.1) is 29.4 Å². The minimum atomic E-state index is -0.762. The molecule has 1 aliphatic heterocycles. The Morgan fingerprint density at radius 2 is 1.44 bits per heavy atom. The van der Waals surface area contributed by atoms with Gasteiger partial charge >= 0.3 is 11.9 Å². The van der Waals surface area contributed by atoms with Gasteiger partial charge in [0.25, 0.3) is 0 Å². The largest absolute Gasteiger partial charge is 0.458 e. The number of ether oxygens (including phenoxy) is 3. The van der Waals surface area contributed by atoms with Crippen LogP contribution in [0.4, 0.5) is 0 Å². The molecule has 6 atom stereocenters. The lowest BCUT2D eigenvalue weighted by Gasteiger charge is -2.25. The number of esters is 2. The van der Waals surface area contributed by atoms with Crippen molar-refractivity contribution in [3.63, 3.8) is 0 Å². The Kier molecular flexibility index (Phi) is 12.1. The average molecular weight is 501 g/mol. The number of carbonyl (C=O) groups excluding carboxylic acids is 2. The van der Waals surface area contributed by atoms with Crippen LogP contribution in [0, 0.1) is 11.8 Å². The molecule has 36 heavy (non-hydrogen) atoms. The van der Waals surface area contributed by atoms with Crippen LogP contribution >= 0.6 is 0 Å². The van der Waals surface area contributed by atoms with Gasteiger partial charge in [0.15, 0.2) is 0 Å². The van der Waals surface area contributed by atoms with E-state index in [1.807, 2.05) is 26.0 Å². The van der Waals surface area contributed by atoms with Gasteiger partial charge in [0.1, 0.15) is 12.7 Å². The third-order valence-electron chi connectivity index (χ3n) is 6.70. The van der Waals surface area contributed by atoms with Gasteiger partial charge in [-0.05, 0) is 43.0 Å². The fourth-order valence-corrected chi connectivity index (χ4v) is 4.72. The Hall–Kier alpha value is -2.74. The molecule has 0 spiro atoms. The van der Waals surface area contributed by atoms with Gasteiger partial charge in [-0.15, -0.1) is 0 Å². The topological polar surface area (TPSA) is 102 Å². The van der Waals surface area contributed by atoms with Crippen LogP contribution in [-0.4, -0.2) is 59.8 Å². The van der Waals surface area contributed by atoms with Crippen molar-refractivity contribution in [1.82, 2.24) is 0 Å². The highest BCUT2D eigenvalue weighted by atomic mass is 16.6. The predicted molar refractivity (Wildman–Crippen MR) is 138 cm³/mol. The molecule has 198 valence electrons. The second-order valence-corrected chi connectivity index (χ2v) is 9.02. The summed E-state index contributed by atoms with van der Waals surface area (Å²) in [6, 6.07) is 17.2. The van der Waals surface area contributed by atoms with Crippen molar-refractivity contribution in [2.45, 2.75) is 71.4 Å². The van der Waals surface area contributed by atoms with Gasteiger partial charge in [-0.25, -0.2) is 9.59 Å². The van der Waals surface area contributed by atoms with Crippen LogP contribution in [0.25, 0.3) is 0 Å². The van der Waals surface area contributed by atoms with Crippen molar-refractivity contribution in [3.8, 4) is 0 Å². The zero-order valence-corrected chi connectivity index (χ0v) is 20.4. The summed E-state index contributed by atoms with van der Waals surface area (Å²) in [5.74, 6) is -1.12. The second-order valence-electron chi connectivity index (χ2n) is 9.02. The van der Waals surface area contributed by atoms with Gasteiger partial charge in [-0.2, -0.15) is 0 Å². The zero-order valence-electron chi connectivity index (χ0n) is 20.4. The lowest BCUT2D eigenvalue weighted by atomic mass is 9.82. The molecular weight excluding hydrogens is 460 g/mol. The predicted octanol–water partition coefficient (Wildman–Crippen LogP) is 4.66. The van der Waals surface area contributed by atoms with Crippen LogP contribution in [0.2, 0.25) is 0 Å². The lowest BCUT2D eigenvalue weighted by molar-refractivity contribution is -0.0456. The minimum Gasteiger partial charge on any atom is -0.458 e.